The molecule has 0 saturated carbocycles. The van der Waals surface area contributed by atoms with Crippen molar-refractivity contribution in [3.05, 3.63) is 187 Å². The second kappa shape index (κ2) is 11.0. The van der Waals surface area contributed by atoms with Gasteiger partial charge in [-0.3, -0.25) is 0 Å². The molecule has 0 fully saturated rings. The van der Waals surface area contributed by atoms with Crippen LogP contribution in [0.1, 0.15) is 22.9 Å². The Bertz CT molecular complexity index is 2810. The summed E-state index contributed by atoms with van der Waals surface area (Å²) in [5, 5.41) is 13.4. The van der Waals surface area contributed by atoms with Gasteiger partial charge in [0.1, 0.15) is 12.0 Å². The zero-order valence-electron chi connectivity index (χ0n) is 26.6. The van der Waals surface area contributed by atoms with Gasteiger partial charge in [0.05, 0.1) is 16.7 Å². The normalized spacial score (nSPS) is 14.7. The van der Waals surface area contributed by atoms with Crippen LogP contribution in [0.5, 0.6) is 0 Å². The highest BCUT2D eigenvalue weighted by molar-refractivity contribution is 6.22. The van der Waals surface area contributed by atoms with Crippen molar-refractivity contribution >= 4 is 65.8 Å². The quantitative estimate of drug-likeness (QED) is 0.207. The number of rotatable bonds is 4. The van der Waals surface area contributed by atoms with Crippen molar-refractivity contribution in [1.29, 1.82) is 0 Å². The van der Waals surface area contributed by atoms with Crippen LogP contribution in [0, 0.1) is 0 Å². The van der Waals surface area contributed by atoms with E-state index in [0.29, 0.717) is 5.84 Å². The van der Waals surface area contributed by atoms with E-state index >= 15 is 0 Å². The van der Waals surface area contributed by atoms with E-state index in [1.54, 1.807) is 0 Å². The minimum atomic E-state index is -0.300. The summed E-state index contributed by atoms with van der Waals surface area (Å²) in [6.07, 6.45) is -0.300. The minimum absolute atomic E-state index is 0.300. The molecule has 10 rings (SSSR count). The Kier molecular flexibility index (Phi) is 6.21. The molecule has 9 aromatic rings. The maximum absolute atomic E-state index is 5.29. The third-order valence-corrected chi connectivity index (χ3v) is 9.78. The van der Waals surface area contributed by atoms with Gasteiger partial charge in [0.2, 0.25) is 0 Å². The van der Waals surface area contributed by atoms with E-state index in [1.165, 1.54) is 48.6 Å². The number of para-hydroxylation sites is 1. The fraction of sp³-hybridized carbons (Fsp3) is 0.0222. The van der Waals surface area contributed by atoms with E-state index in [9.17, 15) is 0 Å². The van der Waals surface area contributed by atoms with Crippen molar-refractivity contribution < 1.29 is 0 Å². The molecule has 4 heteroatoms. The van der Waals surface area contributed by atoms with E-state index in [4.69, 9.17) is 9.98 Å². The summed E-state index contributed by atoms with van der Waals surface area (Å²) in [5.41, 5.74) is 6.50. The summed E-state index contributed by atoms with van der Waals surface area (Å²) < 4.78 is 2.44. The predicted octanol–water partition coefficient (Wildman–Crippen LogP) is 10.7. The lowest BCUT2D eigenvalue weighted by molar-refractivity contribution is 0.674. The minimum Gasteiger partial charge on any atom is -0.344 e. The number of aromatic nitrogens is 1. The molecule has 0 saturated heterocycles. The molecule has 0 spiro atoms. The van der Waals surface area contributed by atoms with E-state index in [-0.39, 0.29) is 6.17 Å². The Morgan fingerprint density at radius 1 is 0.490 bits per heavy atom. The Labute approximate surface area is 283 Å². The monoisotopic (exact) mass is 626 g/mol. The van der Waals surface area contributed by atoms with Crippen molar-refractivity contribution in [3.8, 4) is 5.69 Å². The zero-order chi connectivity index (χ0) is 32.3. The number of benzene rings is 8. The molecule has 230 valence electrons. The predicted molar refractivity (Wildman–Crippen MR) is 205 cm³/mol. The second-order valence-electron chi connectivity index (χ2n) is 12.7. The van der Waals surface area contributed by atoms with Crippen LogP contribution in [0.15, 0.2) is 180 Å². The molecule has 1 aliphatic heterocycles. The van der Waals surface area contributed by atoms with Gasteiger partial charge in [-0.1, -0.05) is 140 Å². The molecule has 1 unspecified atom stereocenters. The molecule has 49 heavy (non-hydrogen) atoms. The molecule has 0 bridgehead atoms. The largest absolute Gasteiger partial charge is 0.344 e. The van der Waals surface area contributed by atoms with Crippen molar-refractivity contribution in [2.24, 2.45) is 9.98 Å². The molecule has 0 aliphatic carbocycles. The van der Waals surface area contributed by atoms with E-state index in [2.05, 4.69) is 174 Å². The van der Waals surface area contributed by atoms with Gasteiger partial charge in [-0.15, -0.1) is 0 Å². The number of nitrogens with zero attached hydrogens (tertiary/aromatic N) is 3. The van der Waals surface area contributed by atoms with Gasteiger partial charge >= 0.3 is 0 Å². The van der Waals surface area contributed by atoms with Crippen LogP contribution in [0.2, 0.25) is 0 Å². The third kappa shape index (κ3) is 4.53. The zero-order valence-corrected chi connectivity index (χ0v) is 26.6. The van der Waals surface area contributed by atoms with Crippen LogP contribution in [0.25, 0.3) is 59.8 Å². The van der Waals surface area contributed by atoms with Gasteiger partial charge in [0.25, 0.3) is 0 Å². The summed E-state index contributed by atoms with van der Waals surface area (Å²) in [4.78, 5) is 10.5. The van der Waals surface area contributed by atoms with Gasteiger partial charge in [-0.05, 0) is 62.8 Å². The standard InChI is InChI=1S/C45H30N4/c1-2-14-31(15-3-1)43-46-44(35-23-22-29-12-4-5-16-32(29)26-35)48-45(47-43)38-20-10-11-21-40(38)49-41-28-34-18-7-6-17-33(34)27-39(41)37-25-24-30-13-8-9-19-36(30)42(37)49/h1-28,43H,(H,46,47,48). The summed E-state index contributed by atoms with van der Waals surface area (Å²) >= 11 is 0. The number of aliphatic imine (C=N–C) groups is 2. The highest BCUT2D eigenvalue weighted by Gasteiger charge is 2.25. The van der Waals surface area contributed by atoms with E-state index in [1.807, 2.05) is 6.07 Å². The van der Waals surface area contributed by atoms with Crippen molar-refractivity contribution in [1.82, 2.24) is 9.88 Å². The average molecular weight is 627 g/mol. The SMILES string of the molecule is c1ccc(C2N=C(c3ccc4ccccc4c3)N=C(c3ccccc3-n3c4cc5ccccc5cc4c4ccc5ccccc5c43)N2)cc1. The number of hydrogen-bond acceptors (Lipinski definition) is 3. The molecule has 0 amide bonds. The Morgan fingerprint density at radius 2 is 1.14 bits per heavy atom. The molecule has 1 aromatic heterocycles. The van der Waals surface area contributed by atoms with Crippen LogP contribution in [0.3, 0.4) is 0 Å². The van der Waals surface area contributed by atoms with Crippen LogP contribution in [0.4, 0.5) is 0 Å². The topological polar surface area (TPSA) is 41.7 Å². The first-order valence-corrected chi connectivity index (χ1v) is 16.7. The van der Waals surface area contributed by atoms with Crippen LogP contribution >= 0.6 is 0 Å². The lowest BCUT2D eigenvalue weighted by atomic mass is 10.0. The highest BCUT2D eigenvalue weighted by Crippen LogP contribution is 2.39. The first kappa shape index (κ1) is 27.6. The van der Waals surface area contributed by atoms with Gasteiger partial charge in [-0.2, -0.15) is 0 Å². The Hall–Kier alpha value is -6.52. The van der Waals surface area contributed by atoms with E-state index < -0.39 is 0 Å². The molecular weight excluding hydrogens is 597 g/mol. The number of hydrogen-bond donors (Lipinski definition) is 1. The van der Waals surface area contributed by atoms with Crippen molar-refractivity contribution in [2.75, 3.05) is 0 Å². The third-order valence-electron chi connectivity index (χ3n) is 9.78. The molecular formula is C45H30N4. The fourth-order valence-electron chi connectivity index (χ4n) is 7.43. The number of fused-ring (bicyclic) bond motifs is 7. The molecule has 2 heterocycles. The molecule has 1 aliphatic rings. The summed E-state index contributed by atoms with van der Waals surface area (Å²) in [6.45, 7) is 0. The van der Waals surface area contributed by atoms with Crippen molar-refractivity contribution in [2.45, 2.75) is 6.17 Å². The molecule has 1 N–H and O–H groups in total. The maximum Gasteiger partial charge on any atom is 0.159 e. The van der Waals surface area contributed by atoms with Gasteiger partial charge in [-0.25, -0.2) is 9.98 Å². The average Bonchev–Trinajstić information content (AvgIpc) is 3.50. The first-order chi connectivity index (χ1) is 24.3. The van der Waals surface area contributed by atoms with Crippen LogP contribution in [-0.4, -0.2) is 16.2 Å². The summed E-state index contributed by atoms with van der Waals surface area (Å²) in [6, 6.07) is 60.5. The Balaban J connectivity index is 1.24. The lowest BCUT2D eigenvalue weighted by Crippen LogP contribution is -2.34. The van der Waals surface area contributed by atoms with Crippen LogP contribution < -0.4 is 5.32 Å². The fourth-order valence-corrected chi connectivity index (χ4v) is 7.43. The van der Waals surface area contributed by atoms with Crippen LogP contribution in [-0.2, 0) is 0 Å². The Morgan fingerprint density at radius 3 is 1.98 bits per heavy atom. The maximum atomic E-state index is 5.29. The molecule has 8 aromatic carbocycles. The summed E-state index contributed by atoms with van der Waals surface area (Å²) in [5.74, 6) is 1.50. The number of amidine groups is 2. The van der Waals surface area contributed by atoms with Gasteiger partial charge < -0.3 is 9.88 Å². The van der Waals surface area contributed by atoms with Gasteiger partial charge in [0, 0.05) is 27.3 Å². The molecule has 1 atom stereocenters. The molecule has 0 radical (unpaired) electrons. The van der Waals surface area contributed by atoms with E-state index in [0.717, 1.165) is 33.7 Å². The van der Waals surface area contributed by atoms with Gasteiger partial charge in [0.15, 0.2) is 5.84 Å². The number of nitrogens with one attached hydrogen (secondary N) is 1. The molecule has 4 nitrogen and oxygen atoms in total. The second-order valence-corrected chi connectivity index (χ2v) is 12.7. The first-order valence-electron chi connectivity index (χ1n) is 16.7. The lowest BCUT2D eigenvalue weighted by Gasteiger charge is -2.25. The smallest absolute Gasteiger partial charge is 0.159 e. The summed E-state index contributed by atoms with van der Waals surface area (Å²) in [7, 11) is 0. The van der Waals surface area contributed by atoms with Crippen molar-refractivity contribution in [3.63, 3.8) is 0 Å². The highest BCUT2D eigenvalue weighted by atomic mass is 15.2.